The van der Waals surface area contributed by atoms with Crippen LogP contribution in [0.4, 0.5) is 10.1 Å². The lowest BCUT2D eigenvalue weighted by Crippen LogP contribution is -2.53. The van der Waals surface area contributed by atoms with E-state index in [1.165, 1.54) is 17.0 Å². The maximum Gasteiger partial charge on any atom is 0.282 e. The first-order valence-corrected chi connectivity index (χ1v) is 9.07. The van der Waals surface area contributed by atoms with Crippen molar-refractivity contribution in [2.24, 2.45) is 0 Å². The molecular formula is C23H15ClFNO2. The van der Waals surface area contributed by atoms with E-state index in [1.807, 2.05) is 0 Å². The van der Waals surface area contributed by atoms with Gasteiger partial charge in [0, 0.05) is 16.8 Å². The molecule has 0 aliphatic carbocycles. The number of halogens is 2. The number of benzene rings is 3. The van der Waals surface area contributed by atoms with Crippen LogP contribution in [0.5, 0.6) is 0 Å². The molecule has 1 atom stereocenters. The standard InChI is InChI=1S/C23H15ClFNO2/c24-19-20(16-10-4-1-5-11-16)26(18-14-8-3-9-15-18)22(28)23(25,21(19)27)17-12-6-2-7-13-17/h1-15H. The summed E-state index contributed by atoms with van der Waals surface area (Å²) in [6.07, 6.45) is 0. The normalized spacial score (nSPS) is 19.9. The van der Waals surface area contributed by atoms with Crippen LogP contribution in [0.25, 0.3) is 5.70 Å². The first-order chi connectivity index (χ1) is 13.5. The van der Waals surface area contributed by atoms with Crippen molar-refractivity contribution < 1.29 is 14.0 Å². The second-order valence-electron chi connectivity index (χ2n) is 6.36. The Morgan fingerprint density at radius 1 is 0.750 bits per heavy atom. The van der Waals surface area contributed by atoms with Crippen LogP contribution in [0, 0.1) is 0 Å². The number of rotatable bonds is 3. The van der Waals surface area contributed by atoms with Gasteiger partial charge in [-0.2, -0.15) is 0 Å². The second kappa shape index (κ2) is 7.06. The number of hydrogen-bond donors (Lipinski definition) is 0. The number of anilines is 1. The van der Waals surface area contributed by atoms with Gasteiger partial charge in [0.25, 0.3) is 11.6 Å². The molecule has 1 amide bonds. The van der Waals surface area contributed by atoms with Crippen LogP contribution < -0.4 is 4.90 Å². The molecule has 28 heavy (non-hydrogen) atoms. The number of hydrogen-bond acceptors (Lipinski definition) is 2. The van der Waals surface area contributed by atoms with E-state index < -0.39 is 17.4 Å². The highest BCUT2D eigenvalue weighted by Crippen LogP contribution is 2.44. The molecule has 5 heteroatoms. The molecule has 1 aliphatic heterocycles. The molecule has 0 N–H and O–H groups in total. The van der Waals surface area contributed by atoms with Crippen molar-refractivity contribution in [1.29, 1.82) is 0 Å². The smallest absolute Gasteiger partial charge is 0.282 e. The molecule has 0 spiro atoms. The first kappa shape index (κ1) is 18.1. The van der Waals surface area contributed by atoms with Crippen LogP contribution in [0.3, 0.4) is 0 Å². The highest BCUT2D eigenvalue weighted by atomic mass is 35.5. The maximum atomic E-state index is 16.1. The van der Waals surface area contributed by atoms with E-state index in [1.54, 1.807) is 78.9 Å². The summed E-state index contributed by atoms with van der Waals surface area (Å²) in [6, 6.07) is 25.1. The highest BCUT2D eigenvalue weighted by molar-refractivity contribution is 6.52. The van der Waals surface area contributed by atoms with Crippen LogP contribution in [0.1, 0.15) is 11.1 Å². The molecule has 138 valence electrons. The molecule has 4 rings (SSSR count). The SMILES string of the molecule is O=C1C(Cl)=C(c2ccccc2)N(c2ccccc2)C(=O)C1(F)c1ccccc1. The van der Waals surface area contributed by atoms with Crippen LogP contribution >= 0.6 is 11.6 Å². The first-order valence-electron chi connectivity index (χ1n) is 8.69. The van der Waals surface area contributed by atoms with Gasteiger partial charge in [-0.1, -0.05) is 90.5 Å². The zero-order chi connectivity index (χ0) is 19.7. The Hall–Kier alpha value is -3.24. The van der Waals surface area contributed by atoms with Crippen LogP contribution in [-0.2, 0) is 15.3 Å². The third-order valence-electron chi connectivity index (χ3n) is 4.67. The van der Waals surface area contributed by atoms with Gasteiger partial charge in [-0.3, -0.25) is 14.5 Å². The monoisotopic (exact) mass is 391 g/mol. The van der Waals surface area contributed by atoms with Crippen molar-refractivity contribution in [2.75, 3.05) is 4.90 Å². The Labute approximate surface area is 166 Å². The van der Waals surface area contributed by atoms with Gasteiger partial charge in [0.2, 0.25) is 5.78 Å². The van der Waals surface area contributed by atoms with Crippen molar-refractivity contribution >= 4 is 34.7 Å². The molecule has 0 saturated carbocycles. The number of allylic oxidation sites excluding steroid dienone is 1. The van der Waals surface area contributed by atoms with E-state index in [4.69, 9.17) is 11.6 Å². The second-order valence-corrected chi connectivity index (χ2v) is 6.74. The zero-order valence-corrected chi connectivity index (χ0v) is 15.4. The van der Waals surface area contributed by atoms with Gasteiger partial charge >= 0.3 is 0 Å². The number of Topliss-reactive ketones (excluding diaryl/α,β-unsaturated/α-hetero) is 1. The molecule has 0 bridgehead atoms. The molecule has 3 nitrogen and oxygen atoms in total. The number of carbonyl (C=O) groups excluding carboxylic acids is 2. The van der Waals surface area contributed by atoms with Gasteiger partial charge < -0.3 is 0 Å². The fourth-order valence-corrected chi connectivity index (χ4v) is 3.63. The quantitative estimate of drug-likeness (QED) is 0.584. The molecule has 3 aromatic rings. The molecular weight excluding hydrogens is 377 g/mol. The Morgan fingerprint density at radius 3 is 1.82 bits per heavy atom. The molecule has 1 unspecified atom stereocenters. The van der Waals surface area contributed by atoms with Gasteiger partial charge in [-0.05, 0) is 12.1 Å². The van der Waals surface area contributed by atoms with E-state index in [2.05, 4.69) is 0 Å². The highest BCUT2D eigenvalue weighted by Gasteiger charge is 2.56. The molecule has 0 fully saturated rings. The lowest BCUT2D eigenvalue weighted by molar-refractivity contribution is -0.141. The van der Waals surface area contributed by atoms with Crippen molar-refractivity contribution in [3.8, 4) is 0 Å². The Balaban J connectivity index is 2.00. The van der Waals surface area contributed by atoms with Crippen molar-refractivity contribution in [3.05, 3.63) is 107 Å². The minimum Gasteiger partial charge on any atom is -0.288 e. The third kappa shape index (κ3) is 2.74. The van der Waals surface area contributed by atoms with Crippen LogP contribution in [0.2, 0.25) is 0 Å². The number of carbonyl (C=O) groups is 2. The van der Waals surface area contributed by atoms with Gasteiger partial charge in [-0.15, -0.1) is 0 Å². The summed E-state index contributed by atoms with van der Waals surface area (Å²) < 4.78 is 16.1. The molecule has 1 aliphatic rings. The fraction of sp³-hybridized carbons (Fsp3) is 0.0435. The maximum absolute atomic E-state index is 16.1. The van der Waals surface area contributed by atoms with Crippen LogP contribution in [-0.4, -0.2) is 11.7 Å². The minimum absolute atomic E-state index is 0.0452. The molecule has 3 aromatic carbocycles. The summed E-state index contributed by atoms with van der Waals surface area (Å²) in [7, 11) is 0. The Kier molecular flexibility index (Phi) is 4.57. The predicted molar refractivity (Wildman–Crippen MR) is 107 cm³/mol. The molecule has 0 aromatic heterocycles. The van der Waals surface area contributed by atoms with Crippen molar-refractivity contribution in [2.45, 2.75) is 5.67 Å². The largest absolute Gasteiger partial charge is 0.288 e. The predicted octanol–water partition coefficient (Wildman–Crippen LogP) is 5.07. The van der Waals surface area contributed by atoms with Gasteiger partial charge in [0.1, 0.15) is 5.03 Å². The van der Waals surface area contributed by atoms with E-state index in [0.29, 0.717) is 11.3 Å². The molecule has 0 saturated heterocycles. The average Bonchev–Trinajstić information content (AvgIpc) is 2.76. The topological polar surface area (TPSA) is 37.4 Å². The lowest BCUT2D eigenvalue weighted by Gasteiger charge is -2.37. The van der Waals surface area contributed by atoms with Crippen LogP contribution in [0.15, 0.2) is 96.0 Å². The number of amides is 1. The lowest BCUT2D eigenvalue weighted by atomic mass is 9.85. The summed E-state index contributed by atoms with van der Waals surface area (Å²) in [5.74, 6) is -2.05. The number of para-hydroxylation sites is 1. The molecule has 1 heterocycles. The van der Waals surface area contributed by atoms with E-state index >= 15 is 4.39 Å². The fourth-order valence-electron chi connectivity index (χ4n) is 3.31. The zero-order valence-electron chi connectivity index (χ0n) is 14.7. The van der Waals surface area contributed by atoms with Crippen molar-refractivity contribution in [3.63, 3.8) is 0 Å². The van der Waals surface area contributed by atoms with Gasteiger partial charge in [0.05, 0.1) is 5.70 Å². The summed E-state index contributed by atoms with van der Waals surface area (Å²) in [6.45, 7) is 0. The summed E-state index contributed by atoms with van der Waals surface area (Å²) >= 11 is 6.41. The van der Waals surface area contributed by atoms with Gasteiger partial charge in [-0.25, -0.2) is 4.39 Å². The third-order valence-corrected chi connectivity index (χ3v) is 5.03. The Bertz CT molecular complexity index is 1070. The minimum atomic E-state index is -2.90. The van der Waals surface area contributed by atoms with E-state index in [9.17, 15) is 9.59 Å². The summed E-state index contributed by atoms with van der Waals surface area (Å²) in [5, 5.41) is -0.319. The van der Waals surface area contributed by atoms with Gasteiger partial charge in [0.15, 0.2) is 0 Å². The summed E-state index contributed by atoms with van der Waals surface area (Å²) in [5.41, 5.74) is -1.79. The van der Waals surface area contributed by atoms with E-state index in [0.717, 1.165) is 0 Å². The number of ketones is 1. The van der Waals surface area contributed by atoms with Crippen molar-refractivity contribution in [1.82, 2.24) is 0 Å². The van der Waals surface area contributed by atoms with E-state index in [-0.39, 0.29) is 16.3 Å². The average molecular weight is 392 g/mol. The summed E-state index contributed by atoms with van der Waals surface area (Å²) in [4.78, 5) is 27.6. The Morgan fingerprint density at radius 2 is 1.25 bits per heavy atom. The number of alkyl halides is 1. The number of nitrogens with zero attached hydrogens (tertiary/aromatic N) is 1. The molecule has 0 radical (unpaired) electrons.